The first-order chi connectivity index (χ1) is 8.77. The largest absolute Gasteiger partial charge is 0.477 e. The number of halogens is 3. The number of carbonyl (C=O) groups is 2. The van der Waals surface area contributed by atoms with E-state index in [4.69, 9.17) is 5.11 Å². The Kier molecular flexibility index (Phi) is 2.93. The summed E-state index contributed by atoms with van der Waals surface area (Å²) >= 11 is 0. The van der Waals surface area contributed by atoms with Crippen LogP contribution in [0, 0.1) is 0 Å². The van der Waals surface area contributed by atoms with Gasteiger partial charge in [-0.05, 0) is 18.2 Å². The molecule has 0 atom stereocenters. The molecule has 1 heterocycles. The summed E-state index contributed by atoms with van der Waals surface area (Å²) < 4.78 is 36.2. The standard InChI is InChI=1S/C11H7F3N2O3/c12-11(13,14)10(19)15-6-2-1-5-3-8(9(17)18)16-7(5)4-6/h1-4,16H,(H,15,19)(H,17,18). The highest BCUT2D eigenvalue weighted by Gasteiger charge is 2.38. The van der Waals surface area contributed by atoms with Crippen LogP contribution in [0.2, 0.25) is 0 Å². The summed E-state index contributed by atoms with van der Waals surface area (Å²) in [5.41, 5.74) is 0.153. The molecule has 19 heavy (non-hydrogen) atoms. The van der Waals surface area contributed by atoms with Crippen LogP contribution in [-0.2, 0) is 4.79 Å². The molecule has 0 aliphatic carbocycles. The molecule has 1 aromatic heterocycles. The minimum absolute atomic E-state index is 0.0754. The number of aromatic nitrogens is 1. The van der Waals surface area contributed by atoms with Crippen molar-refractivity contribution in [3.63, 3.8) is 0 Å². The van der Waals surface area contributed by atoms with E-state index in [9.17, 15) is 22.8 Å². The Morgan fingerprint density at radius 1 is 1.21 bits per heavy atom. The van der Waals surface area contributed by atoms with Crippen LogP contribution in [0.1, 0.15) is 10.5 Å². The molecule has 0 saturated carbocycles. The van der Waals surface area contributed by atoms with E-state index in [1.807, 2.05) is 0 Å². The summed E-state index contributed by atoms with van der Waals surface area (Å²) in [5.74, 6) is -3.27. The summed E-state index contributed by atoms with van der Waals surface area (Å²) in [6.45, 7) is 0. The lowest BCUT2D eigenvalue weighted by molar-refractivity contribution is -0.167. The number of carboxylic acid groups (broad SMARTS) is 1. The van der Waals surface area contributed by atoms with E-state index < -0.39 is 18.1 Å². The Hall–Kier alpha value is -2.51. The van der Waals surface area contributed by atoms with Gasteiger partial charge in [0.2, 0.25) is 0 Å². The second-order valence-corrected chi connectivity index (χ2v) is 3.74. The predicted octanol–water partition coefficient (Wildman–Crippen LogP) is 2.37. The Morgan fingerprint density at radius 3 is 2.47 bits per heavy atom. The minimum atomic E-state index is -4.98. The zero-order valence-electron chi connectivity index (χ0n) is 9.21. The molecule has 0 fully saturated rings. The quantitative estimate of drug-likeness (QED) is 0.784. The first kappa shape index (κ1) is 12.9. The van der Waals surface area contributed by atoms with Gasteiger partial charge >= 0.3 is 18.1 Å². The van der Waals surface area contributed by atoms with Gasteiger partial charge in [0.1, 0.15) is 5.69 Å². The summed E-state index contributed by atoms with van der Waals surface area (Å²) in [5, 5.41) is 11.0. The van der Waals surface area contributed by atoms with Crippen LogP contribution in [0.4, 0.5) is 18.9 Å². The Morgan fingerprint density at radius 2 is 1.89 bits per heavy atom. The second kappa shape index (κ2) is 4.30. The number of aromatic amines is 1. The number of fused-ring (bicyclic) bond motifs is 1. The number of carbonyl (C=O) groups excluding carboxylic acids is 1. The van der Waals surface area contributed by atoms with Crippen molar-refractivity contribution in [2.75, 3.05) is 5.32 Å². The highest BCUT2D eigenvalue weighted by atomic mass is 19.4. The normalized spacial score (nSPS) is 11.5. The van der Waals surface area contributed by atoms with Gasteiger partial charge in [-0.25, -0.2) is 4.79 Å². The molecule has 0 saturated heterocycles. The van der Waals surface area contributed by atoms with E-state index in [1.165, 1.54) is 24.3 Å². The highest BCUT2D eigenvalue weighted by Crippen LogP contribution is 2.22. The van der Waals surface area contributed by atoms with Crippen LogP contribution in [0.5, 0.6) is 0 Å². The zero-order chi connectivity index (χ0) is 14.2. The van der Waals surface area contributed by atoms with Crippen LogP contribution < -0.4 is 5.32 Å². The first-order valence-electron chi connectivity index (χ1n) is 5.01. The molecule has 0 spiro atoms. The maximum Gasteiger partial charge on any atom is 0.471 e. The molecule has 1 amide bonds. The third kappa shape index (κ3) is 2.67. The summed E-state index contributed by atoms with van der Waals surface area (Å²) in [7, 11) is 0. The maximum atomic E-state index is 12.1. The summed E-state index contributed by atoms with van der Waals surface area (Å²) in [6.07, 6.45) is -4.98. The Balaban J connectivity index is 2.31. The number of benzene rings is 1. The summed E-state index contributed by atoms with van der Waals surface area (Å²) in [6, 6.07) is 5.23. The zero-order valence-corrected chi connectivity index (χ0v) is 9.21. The molecule has 1 aromatic carbocycles. The van der Waals surface area contributed by atoms with Crippen LogP contribution in [0.15, 0.2) is 24.3 Å². The van der Waals surface area contributed by atoms with Crippen molar-refractivity contribution in [2.45, 2.75) is 6.18 Å². The lowest BCUT2D eigenvalue weighted by Gasteiger charge is -2.07. The molecule has 0 aliphatic rings. The molecular formula is C11H7F3N2O3. The monoisotopic (exact) mass is 272 g/mol. The maximum absolute atomic E-state index is 12.1. The molecule has 0 aliphatic heterocycles. The van der Waals surface area contributed by atoms with E-state index in [-0.39, 0.29) is 11.4 Å². The van der Waals surface area contributed by atoms with Gasteiger partial charge < -0.3 is 15.4 Å². The average Bonchev–Trinajstić information content (AvgIpc) is 2.70. The number of H-pyrrole nitrogens is 1. The molecule has 8 heteroatoms. The number of alkyl halides is 3. The third-order valence-corrected chi connectivity index (χ3v) is 2.37. The lowest BCUT2D eigenvalue weighted by atomic mass is 10.2. The Labute approximate surface area is 104 Å². The number of amides is 1. The van der Waals surface area contributed by atoms with Gasteiger partial charge in [-0.3, -0.25) is 4.79 Å². The topological polar surface area (TPSA) is 82.2 Å². The average molecular weight is 272 g/mol. The fourth-order valence-corrected chi connectivity index (χ4v) is 1.52. The second-order valence-electron chi connectivity index (χ2n) is 3.74. The molecule has 0 bridgehead atoms. The number of aromatic carboxylic acids is 1. The molecule has 2 rings (SSSR count). The third-order valence-electron chi connectivity index (χ3n) is 2.37. The van der Waals surface area contributed by atoms with Gasteiger partial charge in [0, 0.05) is 16.6 Å². The van der Waals surface area contributed by atoms with E-state index in [1.54, 1.807) is 5.32 Å². The fraction of sp³-hybridized carbons (Fsp3) is 0.0909. The number of carboxylic acids is 1. The molecule has 0 unspecified atom stereocenters. The van der Waals surface area contributed by atoms with Crippen molar-refractivity contribution in [3.8, 4) is 0 Å². The van der Waals surface area contributed by atoms with Gasteiger partial charge in [-0.2, -0.15) is 13.2 Å². The summed E-state index contributed by atoms with van der Waals surface area (Å²) in [4.78, 5) is 24.0. The lowest BCUT2D eigenvalue weighted by Crippen LogP contribution is -2.29. The smallest absolute Gasteiger partial charge is 0.471 e. The number of rotatable bonds is 2. The Bertz CT molecular complexity index is 661. The SMILES string of the molecule is O=C(O)c1cc2ccc(NC(=O)C(F)(F)F)cc2[nH]1. The predicted molar refractivity (Wildman–Crippen MR) is 59.9 cm³/mol. The van der Waals surface area contributed by atoms with Gasteiger partial charge in [0.15, 0.2) is 0 Å². The van der Waals surface area contributed by atoms with Crippen molar-refractivity contribution in [1.29, 1.82) is 0 Å². The van der Waals surface area contributed by atoms with Gasteiger partial charge in [-0.1, -0.05) is 6.07 Å². The van der Waals surface area contributed by atoms with E-state index in [0.29, 0.717) is 10.9 Å². The van der Waals surface area contributed by atoms with E-state index in [2.05, 4.69) is 4.98 Å². The van der Waals surface area contributed by atoms with Crippen LogP contribution in [0.3, 0.4) is 0 Å². The number of nitrogens with one attached hydrogen (secondary N) is 2. The number of hydrogen-bond acceptors (Lipinski definition) is 2. The number of hydrogen-bond donors (Lipinski definition) is 3. The van der Waals surface area contributed by atoms with Crippen molar-refractivity contribution >= 4 is 28.5 Å². The van der Waals surface area contributed by atoms with Gasteiger partial charge in [-0.15, -0.1) is 0 Å². The first-order valence-corrected chi connectivity index (χ1v) is 5.01. The molecule has 2 aromatic rings. The molecule has 3 N–H and O–H groups in total. The van der Waals surface area contributed by atoms with Crippen LogP contribution in [0.25, 0.3) is 10.9 Å². The van der Waals surface area contributed by atoms with Crippen molar-refractivity contribution < 1.29 is 27.9 Å². The van der Waals surface area contributed by atoms with Gasteiger partial charge in [0.05, 0.1) is 0 Å². The van der Waals surface area contributed by atoms with Crippen molar-refractivity contribution in [1.82, 2.24) is 4.98 Å². The molecule has 5 nitrogen and oxygen atoms in total. The van der Waals surface area contributed by atoms with Gasteiger partial charge in [0.25, 0.3) is 0 Å². The number of anilines is 1. The molecular weight excluding hydrogens is 265 g/mol. The van der Waals surface area contributed by atoms with Crippen molar-refractivity contribution in [2.24, 2.45) is 0 Å². The molecule has 0 radical (unpaired) electrons. The fourth-order valence-electron chi connectivity index (χ4n) is 1.52. The minimum Gasteiger partial charge on any atom is -0.477 e. The molecule has 100 valence electrons. The van der Waals surface area contributed by atoms with Crippen LogP contribution >= 0.6 is 0 Å². The van der Waals surface area contributed by atoms with Crippen LogP contribution in [-0.4, -0.2) is 28.1 Å². The highest BCUT2D eigenvalue weighted by molar-refractivity contribution is 5.98. The van der Waals surface area contributed by atoms with Crippen molar-refractivity contribution in [3.05, 3.63) is 30.0 Å². The van der Waals surface area contributed by atoms with E-state index in [0.717, 1.165) is 0 Å². The van der Waals surface area contributed by atoms with E-state index >= 15 is 0 Å².